The summed E-state index contributed by atoms with van der Waals surface area (Å²) < 4.78 is 10.8. The highest BCUT2D eigenvalue weighted by Gasteiger charge is 2.26. The van der Waals surface area contributed by atoms with E-state index in [-0.39, 0.29) is 17.6 Å². The Morgan fingerprint density at radius 3 is 2.64 bits per heavy atom. The number of amides is 2. The Balaban J connectivity index is 1.32. The Morgan fingerprint density at radius 2 is 1.87 bits per heavy atom. The normalized spacial score (nSPS) is 16.9. The zero-order chi connectivity index (χ0) is 27.6. The first kappa shape index (κ1) is 26.4. The molecule has 1 aromatic carbocycles. The van der Waals surface area contributed by atoms with Crippen LogP contribution in [-0.4, -0.2) is 64.9 Å². The third kappa shape index (κ3) is 6.26. The monoisotopic (exact) mass is 531 g/mol. The molecule has 1 unspecified atom stereocenters. The van der Waals surface area contributed by atoms with Crippen molar-refractivity contribution in [3.8, 4) is 11.3 Å². The van der Waals surface area contributed by atoms with Crippen molar-refractivity contribution in [2.24, 2.45) is 0 Å². The minimum atomic E-state index is -0.554. The number of pyridine rings is 1. The minimum absolute atomic E-state index is 0.0363. The molecule has 1 saturated heterocycles. The Bertz CT molecular complexity index is 1380. The molecular formula is C28H33N7O4. The van der Waals surface area contributed by atoms with E-state index < -0.39 is 17.6 Å². The lowest BCUT2D eigenvalue weighted by atomic mass is 10.0. The summed E-state index contributed by atoms with van der Waals surface area (Å²) in [6.45, 7) is 8.19. The van der Waals surface area contributed by atoms with Gasteiger partial charge in [-0.05, 0) is 56.9 Å². The number of benzene rings is 1. The Kier molecular flexibility index (Phi) is 7.34. The minimum Gasteiger partial charge on any atom is -0.444 e. The molecule has 2 aliphatic rings. The number of rotatable bonds is 5. The zero-order valence-corrected chi connectivity index (χ0v) is 22.4. The molecule has 0 spiro atoms. The molecule has 5 rings (SSSR count). The molecule has 0 radical (unpaired) electrons. The summed E-state index contributed by atoms with van der Waals surface area (Å²) in [5.41, 5.74) is 10.6. The Morgan fingerprint density at radius 1 is 1.10 bits per heavy atom. The first-order valence-corrected chi connectivity index (χ1v) is 13.0. The van der Waals surface area contributed by atoms with Gasteiger partial charge in [-0.1, -0.05) is 12.1 Å². The van der Waals surface area contributed by atoms with Gasteiger partial charge in [0.15, 0.2) is 11.5 Å². The molecule has 1 atom stereocenters. The van der Waals surface area contributed by atoms with Crippen LogP contribution in [0.5, 0.6) is 0 Å². The van der Waals surface area contributed by atoms with Gasteiger partial charge in [-0.25, -0.2) is 14.8 Å². The molecule has 0 bridgehead atoms. The van der Waals surface area contributed by atoms with Crippen LogP contribution < -0.4 is 21.3 Å². The van der Waals surface area contributed by atoms with Crippen LogP contribution in [0.3, 0.4) is 0 Å². The van der Waals surface area contributed by atoms with Crippen LogP contribution in [0.2, 0.25) is 0 Å². The number of nitrogens with two attached hydrogens (primary N) is 1. The first-order valence-electron chi connectivity index (χ1n) is 13.0. The maximum absolute atomic E-state index is 13.3. The highest BCUT2D eigenvalue weighted by Crippen LogP contribution is 2.29. The van der Waals surface area contributed by atoms with Gasteiger partial charge in [0.1, 0.15) is 5.60 Å². The van der Waals surface area contributed by atoms with E-state index in [2.05, 4.69) is 30.5 Å². The van der Waals surface area contributed by atoms with Gasteiger partial charge in [0.25, 0.3) is 5.91 Å². The first-order chi connectivity index (χ1) is 18.7. The second-order valence-electron chi connectivity index (χ2n) is 10.7. The van der Waals surface area contributed by atoms with Crippen LogP contribution in [0, 0.1) is 0 Å². The fraction of sp³-hybridized carbons (Fsp3) is 0.393. The summed E-state index contributed by atoms with van der Waals surface area (Å²) in [4.78, 5) is 40.6. The molecule has 3 aromatic rings. The number of hydrogen-bond acceptors (Lipinski definition) is 9. The second-order valence-corrected chi connectivity index (χ2v) is 10.7. The van der Waals surface area contributed by atoms with E-state index in [0.717, 1.165) is 35.5 Å². The smallest absolute Gasteiger partial charge is 0.407 e. The Labute approximate surface area is 227 Å². The largest absolute Gasteiger partial charge is 0.444 e. The van der Waals surface area contributed by atoms with Crippen LogP contribution in [0.4, 0.5) is 22.0 Å². The summed E-state index contributed by atoms with van der Waals surface area (Å²) in [6, 6.07) is 7.79. The molecular weight excluding hydrogens is 498 g/mol. The van der Waals surface area contributed by atoms with Gasteiger partial charge in [-0.15, -0.1) is 0 Å². The standard InChI is InChI=1S/C28H33N7O4/c1-28(2,3)39-27(37)32-20-13-17-4-5-18(12-19(17)14-20)21-16-31-25(29)24(33-21)26(36)34-22-15-30-7-6-23(22)35-8-10-38-11-9-35/h4-7,12,15-16,20H,8-11,13-14H2,1-3H3,(H2,29,31)(H,32,37)(H,34,36). The number of carbonyl (C=O) groups is 2. The maximum atomic E-state index is 13.3. The quantitative estimate of drug-likeness (QED) is 0.452. The molecule has 0 saturated carbocycles. The SMILES string of the molecule is CC(C)(C)OC(=O)NC1Cc2ccc(-c3cnc(N)c(C(=O)Nc4cnccc4N4CCOCC4)n3)cc2C1. The van der Waals surface area contributed by atoms with Gasteiger partial charge < -0.3 is 30.7 Å². The number of alkyl carbamates (subject to hydrolysis) is 1. The molecule has 2 amide bonds. The van der Waals surface area contributed by atoms with E-state index in [1.54, 1.807) is 18.6 Å². The summed E-state index contributed by atoms with van der Waals surface area (Å²) in [5.74, 6) is -0.428. The lowest BCUT2D eigenvalue weighted by molar-refractivity contribution is 0.0506. The van der Waals surface area contributed by atoms with Crippen molar-refractivity contribution in [1.82, 2.24) is 20.3 Å². The Hall–Kier alpha value is -4.25. The number of nitrogens with one attached hydrogen (secondary N) is 2. The molecule has 1 aliphatic heterocycles. The highest BCUT2D eigenvalue weighted by atomic mass is 16.6. The number of morpholine rings is 1. The third-order valence-electron chi connectivity index (χ3n) is 6.57. The number of aromatic nitrogens is 3. The number of ether oxygens (including phenoxy) is 2. The van der Waals surface area contributed by atoms with Gasteiger partial charge in [0, 0.05) is 30.9 Å². The van der Waals surface area contributed by atoms with Gasteiger partial charge in [-0.3, -0.25) is 9.78 Å². The summed E-state index contributed by atoms with van der Waals surface area (Å²) >= 11 is 0. The van der Waals surface area contributed by atoms with Crippen LogP contribution in [0.25, 0.3) is 11.3 Å². The summed E-state index contributed by atoms with van der Waals surface area (Å²) in [6.07, 6.45) is 5.82. The van der Waals surface area contributed by atoms with Gasteiger partial charge in [0.05, 0.1) is 42.7 Å². The average Bonchev–Trinajstić information content (AvgIpc) is 3.30. The molecule has 1 fully saturated rings. The van der Waals surface area contributed by atoms with Crippen molar-refractivity contribution in [3.63, 3.8) is 0 Å². The number of anilines is 3. The van der Waals surface area contributed by atoms with Crippen LogP contribution in [0.15, 0.2) is 42.9 Å². The lowest BCUT2D eigenvalue weighted by Gasteiger charge is -2.30. The van der Waals surface area contributed by atoms with E-state index >= 15 is 0 Å². The fourth-order valence-corrected chi connectivity index (χ4v) is 4.80. The predicted octanol–water partition coefficient (Wildman–Crippen LogP) is 3.20. The second kappa shape index (κ2) is 10.9. The number of nitrogens with zero attached hydrogens (tertiary/aromatic N) is 4. The van der Waals surface area contributed by atoms with Gasteiger partial charge in [0.2, 0.25) is 0 Å². The van der Waals surface area contributed by atoms with Crippen molar-refractivity contribution in [3.05, 3.63) is 59.7 Å². The molecule has 11 nitrogen and oxygen atoms in total. The fourth-order valence-electron chi connectivity index (χ4n) is 4.80. The summed E-state index contributed by atoms with van der Waals surface area (Å²) in [7, 11) is 0. The highest BCUT2D eigenvalue weighted by molar-refractivity contribution is 6.07. The molecule has 11 heteroatoms. The van der Waals surface area contributed by atoms with Crippen molar-refractivity contribution in [2.45, 2.75) is 45.3 Å². The summed E-state index contributed by atoms with van der Waals surface area (Å²) in [5, 5.41) is 5.86. The lowest BCUT2D eigenvalue weighted by Crippen LogP contribution is -2.39. The van der Waals surface area contributed by atoms with E-state index in [0.29, 0.717) is 37.4 Å². The third-order valence-corrected chi connectivity index (χ3v) is 6.57. The van der Waals surface area contributed by atoms with Crippen LogP contribution in [0.1, 0.15) is 42.4 Å². The predicted molar refractivity (Wildman–Crippen MR) is 148 cm³/mol. The van der Waals surface area contributed by atoms with E-state index in [9.17, 15) is 9.59 Å². The van der Waals surface area contributed by atoms with Gasteiger partial charge in [-0.2, -0.15) is 0 Å². The van der Waals surface area contributed by atoms with Crippen LogP contribution >= 0.6 is 0 Å². The zero-order valence-electron chi connectivity index (χ0n) is 22.4. The van der Waals surface area contributed by atoms with Crippen molar-refractivity contribution in [1.29, 1.82) is 0 Å². The number of carbonyl (C=O) groups excluding carboxylic acids is 2. The van der Waals surface area contributed by atoms with E-state index in [1.807, 2.05) is 45.0 Å². The van der Waals surface area contributed by atoms with E-state index in [4.69, 9.17) is 15.2 Å². The average molecular weight is 532 g/mol. The maximum Gasteiger partial charge on any atom is 0.407 e. The van der Waals surface area contributed by atoms with Crippen molar-refractivity contribution < 1.29 is 19.1 Å². The van der Waals surface area contributed by atoms with Crippen LogP contribution in [-0.2, 0) is 22.3 Å². The molecule has 3 heterocycles. The number of fused-ring (bicyclic) bond motifs is 1. The molecule has 4 N–H and O–H groups in total. The number of nitrogen functional groups attached to an aromatic ring is 1. The van der Waals surface area contributed by atoms with Crippen molar-refractivity contribution in [2.75, 3.05) is 42.3 Å². The molecule has 1 aliphatic carbocycles. The molecule has 204 valence electrons. The van der Waals surface area contributed by atoms with Crippen molar-refractivity contribution >= 4 is 29.2 Å². The topological polar surface area (TPSA) is 145 Å². The van der Waals surface area contributed by atoms with E-state index in [1.165, 1.54) is 0 Å². The number of hydrogen-bond donors (Lipinski definition) is 3. The molecule has 39 heavy (non-hydrogen) atoms. The van der Waals surface area contributed by atoms with Gasteiger partial charge >= 0.3 is 6.09 Å². The molecule has 2 aromatic heterocycles.